The Morgan fingerprint density at radius 1 is 1.42 bits per heavy atom. The second-order valence-electron chi connectivity index (χ2n) is 5.47. The summed E-state index contributed by atoms with van der Waals surface area (Å²) in [4.78, 5) is 17.4. The van der Waals surface area contributed by atoms with Gasteiger partial charge in [0.05, 0.1) is 11.3 Å². The number of carboxylic acid groups (broad SMARTS) is 1. The molecule has 1 aromatic heterocycles. The van der Waals surface area contributed by atoms with Crippen LogP contribution in [0.4, 0.5) is 0 Å². The molecule has 3 aliphatic heterocycles. The Morgan fingerprint density at radius 2 is 2.21 bits per heavy atom. The van der Waals surface area contributed by atoms with Crippen molar-refractivity contribution < 1.29 is 9.90 Å². The van der Waals surface area contributed by atoms with Crippen LogP contribution in [0.1, 0.15) is 28.9 Å². The van der Waals surface area contributed by atoms with Crippen LogP contribution in [0.5, 0.6) is 0 Å². The summed E-state index contributed by atoms with van der Waals surface area (Å²) < 4.78 is 0. The number of carbonyl (C=O) groups is 1. The van der Waals surface area contributed by atoms with Gasteiger partial charge in [-0.1, -0.05) is 0 Å². The summed E-state index contributed by atoms with van der Waals surface area (Å²) in [7, 11) is 0. The largest absolute Gasteiger partial charge is 0.478 e. The van der Waals surface area contributed by atoms with Gasteiger partial charge in [0.15, 0.2) is 0 Å². The van der Waals surface area contributed by atoms with Crippen LogP contribution in [-0.4, -0.2) is 46.6 Å². The fourth-order valence-corrected chi connectivity index (χ4v) is 3.09. The maximum atomic E-state index is 10.7. The molecular weight excluding hydrogens is 242 g/mol. The number of carboxylic acids is 1. The third-order valence-corrected chi connectivity index (χ3v) is 4.27. The summed E-state index contributed by atoms with van der Waals surface area (Å²) in [5.74, 6) is -0.132. The first-order valence-corrected chi connectivity index (χ1v) is 6.86. The number of piperidine rings is 3. The van der Waals surface area contributed by atoms with E-state index in [9.17, 15) is 4.79 Å². The van der Waals surface area contributed by atoms with Crippen LogP contribution in [-0.2, 0) is 6.54 Å². The highest BCUT2D eigenvalue weighted by Gasteiger charge is 2.33. The standard InChI is InChI=1S/C14H19N3O2/c18-14(19)11-1-2-12(15-7-11)8-16-13-9-17-5-3-10(13)4-6-17/h1-2,7,10,13,16H,3-6,8-9H2,(H,18,19). The van der Waals surface area contributed by atoms with Crippen LogP contribution >= 0.6 is 0 Å². The van der Waals surface area contributed by atoms with Crippen molar-refractivity contribution in [2.24, 2.45) is 5.92 Å². The van der Waals surface area contributed by atoms with Gasteiger partial charge in [-0.25, -0.2) is 4.79 Å². The zero-order valence-corrected chi connectivity index (χ0v) is 10.9. The van der Waals surface area contributed by atoms with Crippen molar-refractivity contribution in [3.8, 4) is 0 Å². The van der Waals surface area contributed by atoms with Gasteiger partial charge in [-0.2, -0.15) is 0 Å². The SMILES string of the molecule is O=C(O)c1ccc(CNC2CN3CCC2CC3)nc1. The number of pyridine rings is 1. The molecule has 3 aliphatic rings. The lowest BCUT2D eigenvalue weighted by Gasteiger charge is -2.45. The lowest BCUT2D eigenvalue weighted by molar-refractivity contribution is 0.0696. The molecule has 19 heavy (non-hydrogen) atoms. The molecule has 102 valence electrons. The summed E-state index contributed by atoms with van der Waals surface area (Å²) in [6.07, 6.45) is 4.02. The smallest absolute Gasteiger partial charge is 0.337 e. The zero-order valence-electron chi connectivity index (χ0n) is 10.9. The van der Waals surface area contributed by atoms with E-state index in [1.807, 2.05) is 0 Å². The number of hydrogen-bond acceptors (Lipinski definition) is 4. The molecule has 3 fully saturated rings. The number of hydrogen-bond donors (Lipinski definition) is 2. The van der Waals surface area contributed by atoms with Crippen molar-refractivity contribution >= 4 is 5.97 Å². The second kappa shape index (κ2) is 5.27. The first-order chi connectivity index (χ1) is 9.22. The molecule has 0 saturated carbocycles. The van der Waals surface area contributed by atoms with Crippen molar-refractivity contribution in [3.05, 3.63) is 29.6 Å². The zero-order chi connectivity index (χ0) is 13.2. The van der Waals surface area contributed by atoms with Crippen molar-refractivity contribution in [2.75, 3.05) is 19.6 Å². The van der Waals surface area contributed by atoms with E-state index in [0.29, 0.717) is 6.04 Å². The van der Waals surface area contributed by atoms with Crippen LogP contribution in [0, 0.1) is 5.92 Å². The van der Waals surface area contributed by atoms with E-state index in [-0.39, 0.29) is 5.56 Å². The molecule has 2 bridgehead atoms. The molecule has 5 heteroatoms. The van der Waals surface area contributed by atoms with Gasteiger partial charge in [0, 0.05) is 25.3 Å². The molecule has 4 rings (SSSR count). The predicted molar refractivity (Wildman–Crippen MR) is 71.0 cm³/mol. The third-order valence-electron chi connectivity index (χ3n) is 4.27. The summed E-state index contributed by atoms with van der Waals surface area (Å²) in [6.45, 7) is 4.34. The van der Waals surface area contributed by atoms with Crippen LogP contribution in [0.15, 0.2) is 18.3 Å². The van der Waals surface area contributed by atoms with E-state index in [0.717, 1.165) is 24.7 Å². The van der Waals surface area contributed by atoms with Crippen molar-refractivity contribution in [3.63, 3.8) is 0 Å². The molecule has 4 heterocycles. The Morgan fingerprint density at radius 3 is 2.74 bits per heavy atom. The molecule has 1 aromatic rings. The number of nitrogens with one attached hydrogen (secondary N) is 1. The maximum absolute atomic E-state index is 10.7. The van der Waals surface area contributed by atoms with Crippen LogP contribution in [0.25, 0.3) is 0 Å². The molecule has 0 aromatic carbocycles. The molecule has 5 nitrogen and oxygen atoms in total. The maximum Gasteiger partial charge on any atom is 0.337 e. The van der Waals surface area contributed by atoms with Gasteiger partial charge in [-0.3, -0.25) is 4.98 Å². The number of aromatic nitrogens is 1. The highest BCUT2D eigenvalue weighted by atomic mass is 16.4. The molecule has 0 amide bonds. The molecule has 2 N–H and O–H groups in total. The highest BCUT2D eigenvalue weighted by molar-refractivity contribution is 5.87. The Kier molecular flexibility index (Phi) is 3.48. The van der Waals surface area contributed by atoms with E-state index < -0.39 is 5.97 Å². The van der Waals surface area contributed by atoms with Gasteiger partial charge in [0.1, 0.15) is 0 Å². The highest BCUT2D eigenvalue weighted by Crippen LogP contribution is 2.27. The average Bonchev–Trinajstić information content (AvgIpc) is 2.47. The molecular formula is C14H19N3O2. The Labute approximate surface area is 112 Å². The fraction of sp³-hybridized carbons (Fsp3) is 0.571. The topological polar surface area (TPSA) is 65.5 Å². The quantitative estimate of drug-likeness (QED) is 0.845. The molecule has 3 saturated heterocycles. The van der Waals surface area contributed by atoms with Gasteiger partial charge in [-0.05, 0) is 44.0 Å². The number of nitrogens with zero attached hydrogens (tertiary/aromatic N) is 2. The Hall–Kier alpha value is -1.46. The van der Waals surface area contributed by atoms with E-state index in [1.54, 1.807) is 12.1 Å². The number of rotatable bonds is 4. The summed E-state index contributed by atoms with van der Waals surface area (Å²) in [6, 6.07) is 3.96. The second-order valence-corrected chi connectivity index (χ2v) is 5.47. The first kappa shape index (κ1) is 12.6. The van der Waals surface area contributed by atoms with Crippen molar-refractivity contribution in [2.45, 2.75) is 25.4 Å². The van der Waals surface area contributed by atoms with Crippen LogP contribution < -0.4 is 5.32 Å². The summed E-state index contributed by atoms with van der Waals surface area (Å²) in [5, 5.41) is 12.4. The van der Waals surface area contributed by atoms with Crippen LogP contribution in [0.3, 0.4) is 0 Å². The minimum atomic E-state index is -0.926. The monoisotopic (exact) mass is 261 g/mol. The lowest BCUT2D eigenvalue weighted by atomic mass is 9.84. The minimum Gasteiger partial charge on any atom is -0.478 e. The van der Waals surface area contributed by atoms with E-state index in [4.69, 9.17) is 5.11 Å². The summed E-state index contributed by atoms with van der Waals surface area (Å²) >= 11 is 0. The minimum absolute atomic E-state index is 0.242. The molecule has 0 radical (unpaired) electrons. The third kappa shape index (κ3) is 2.77. The average molecular weight is 261 g/mol. The predicted octanol–water partition coefficient (Wildman–Crippen LogP) is 0.964. The molecule has 1 unspecified atom stereocenters. The van der Waals surface area contributed by atoms with E-state index in [2.05, 4.69) is 15.2 Å². The van der Waals surface area contributed by atoms with Gasteiger partial charge in [-0.15, -0.1) is 0 Å². The Bertz CT molecular complexity index is 452. The Balaban J connectivity index is 1.56. The van der Waals surface area contributed by atoms with Gasteiger partial charge < -0.3 is 15.3 Å². The van der Waals surface area contributed by atoms with Crippen molar-refractivity contribution in [1.82, 2.24) is 15.2 Å². The number of fused-ring (bicyclic) bond motifs is 3. The lowest BCUT2D eigenvalue weighted by Crippen LogP contribution is -2.55. The van der Waals surface area contributed by atoms with Gasteiger partial charge in [0.2, 0.25) is 0 Å². The normalized spacial score (nSPS) is 29.4. The molecule has 0 spiro atoms. The number of aromatic carboxylic acids is 1. The summed E-state index contributed by atoms with van der Waals surface area (Å²) in [5.41, 5.74) is 1.15. The van der Waals surface area contributed by atoms with Gasteiger partial charge in [0.25, 0.3) is 0 Å². The first-order valence-electron chi connectivity index (χ1n) is 6.86. The van der Waals surface area contributed by atoms with Gasteiger partial charge >= 0.3 is 5.97 Å². The van der Waals surface area contributed by atoms with Crippen LogP contribution in [0.2, 0.25) is 0 Å². The van der Waals surface area contributed by atoms with E-state index >= 15 is 0 Å². The molecule has 0 aliphatic carbocycles. The molecule has 1 atom stereocenters. The van der Waals surface area contributed by atoms with Crippen molar-refractivity contribution in [1.29, 1.82) is 0 Å². The fourth-order valence-electron chi connectivity index (χ4n) is 3.09. The van der Waals surface area contributed by atoms with E-state index in [1.165, 1.54) is 32.1 Å².